The SMILES string of the molecule is O=C(O)CSCc1nnc(-c2ccc(Cl)cc2Cl)o1. The second-order valence-corrected chi connectivity index (χ2v) is 5.34. The van der Waals surface area contributed by atoms with E-state index in [0.717, 1.165) is 0 Å². The van der Waals surface area contributed by atoms with Crippen LogP contribution in [-0.4, -0.2) is 27.0 Å². The molecule has 5 nitrogen and oxygen atoms in total. The van der Waals surface area contributed by atoms with E-state index in [9.17, 15) is 4.79 Å². The molecule has 0 spiro atoms. The van der Waals surface area contributed by atoms with Crippen LogP contribution in [0.25, 0.3) is 11.5 Å². The maximum absolute atomic E-state index is 10.4. The molecule has 0 unspecified atom stereocenters. The van der Waals surface area contributed by atoms with Crippen molar-refractivity contribution in [1.29, 1.82) is 0 Å². The molecule has 0 amide bonds. The molecule has 100 valence electrons. The summed E-state index contributed by atoms with van der Waals surface area (Å²) < 4.78 is 5.41. The highest BCUT2D eigenvalue weighted by molar-refractivity contribution is 7.99. The van der Waals surface area contributed by atoms with E-state index in [0.29, 0.717) is 27.3 Å². The van der Waals surface area contributed by atoms with E-state index < -0.39 is 5.97 Å². The first kappa shape index (κ1) is 14.2. The number of halogens is 2. The van der Waals surface area contributed by atoms with Crippen LogP contribution in [0.4, 0.5) is 0 Å². The Balaban J connectivity index is 2.10. The average Bonchev–Trinajstić information content (AvgIpc) is 2.77. The molecular formula is C11H8Cl2N2O3S. The van der Waals surface area contributed by atoms with Gasteiger partial charge in [0, 0.05) is 5.02 Å². The number of carboxylic acids is 1. The molecule has 1 N–H and O–H groups in total. The lowest BCUT2D eigenvalue weighted by atomic mass is 10.2. The molecule has 0 aliphatic rings. The summed E-state index contributed by atoms with van der Waals surface area (Å²) in [5.41, 5.74) is 0.591. The highest BCUT2D eigenvalue weighted by Gasteiger charge is 2.12. The number of carboxylic acid groups (broad SMARTS) is 1. The van der Waals surface area contributed by atoms with Crippen LogP contribution >= 0.6 is 35.0 Å². The van der Waals surface area contributed by atoms with Crippen molar-refractivity contribution in [3.63, 3.8) is 0 Å². The summed E-state index contributed by atoms with van der Waals surface area (Å²) in [6.45, 7) is 0. The van der Waals surface area contributed by atoms with Crippen molar-refractivity contribution in [3.8, 4) is 11.5 Å². The highest BCUT2D eigenvalue weighted by Crippen LogP contribution is 2.29. The lowest BCUT2D eigenvalue weighted by molar-refractivity contribution is -0.133. The van der Waals surface area contributed by atoms with Crippen LogP contribution < -0.4 is 0 Å². The Bertz CT molecular complexity index is 603. The third kappa shape index (κ3) is 3.86. The van der Waals surface area contributed by atoms with E-state index in [-0.39, 0.29) is 11.6 Å². The fourth-order valence-electron chi connectivity index (χ4n) is 1.31. The van der Waals surface area contributed by atoms with Gasteiger partial charge in [-0.15, -0.1) is 22.0 Å². The Morgan fingerprint density at radius 3 is 2.84 bits per heavy atom. The Labute approximate surface area is 122 Å². The van der Waals surface area contributed by atoms with Gasteiger partial charge in [-0.2, -0.15) is 0 Å². The summed E-state index contributed by atoms with van der Waals surface area (Å²) in [5.74, 6) is 0.0783. The molecular weight excluding hydrogens is 311 g/mol. The number of rotatable bonds is 5. The van der Waals surface area contributed by atoms with Crippen LogP contribution in [0.2, 0.25) is 10.0 Å². The molecule has 0 saturated carbocycles. The number of benzene rings is 1. The van der Waals surface area contributed by atoms with Crippen LogP contribution in [0.1, 0.15) is 5.89 Å². The second-order valence-electron chi connectivity index (χ2n) is 3.51. The maximum Gasteiger partial charge on any atom is 0.313 e. The zero-order valence-corrected chi connectivity index (χ0v) is 11.8. The predicted octanol–water partition coefficient (Wildman–Crippen LogP) is 3.36. The van der Waals surface area contributed by atoms with Crippen molar-refractivity contribution in [2.24, 2.45) is 0 Å². The number of nitrogens with zero attached hydrogens (tertiary/aromatic N) is 2. The molecule has 2 aromatic rings. The molecule has 0 atom stereocenters. The molecule has 0 aliphatic heterocycles. The van der Waals surface area contributed by atoms with Crippen molar-refractivity contribution < 1.29 is 14.3 Å². The lowest BCUT2D eigenvalue weighted by Gasteiger charge is -1.98. The van der Waals surface area contributed by atoms with Gasteiger partial charge in [0.2, 0.25) is 11.8 Å². The molecule has 0 saturated heterocycles. The van der Waals surface area contributed by atoms with E-state index in [4.69, 9.17) is 32.7 Å². The maximum atomic E-state index is 10.4. The first-order valence-electron chi connectivity index (χ1n) is 5.13. The van der Waals surface area contributed by atoms with Crippen molar-refractivity contribution in [2.75, 3.05) is 5.75 Å². The van der Waals surface area contributed by atoms with Gasteiger partial charge in [0.25, 0.3) is 0 Å². The minimum Gasteiger partial charge on any atom is -0.481 e. The average molecular weight is 319 g/mol. The van der Waals surface area contributed by atoms with Crippen molar-refractivity contribution in [2.45, 2.75) is 5.75 Å². The van der Waals surface area contributed by atoms with Gasteiger partial charge in [-0.1, -0.05) is 23.2 Å². The fourth-order valence-corrected chi connectivity index (χ4v) is 2.37. The molecule has 1 heterocycles. The van der Waals surface area contributed by atoms with Crippen molar-refractivity contribution in [3.05, 3.63) is 34.1 Å². The van der Waals surface area contributed by atoms with Crippen molar-refractivity contribution in [1.82, 2.24) is 10.2 Å². The van der Waals surface area contributed by atoms with Crippen LogP contribution in [0.15, 0.2) is 22.6 Å². The highest BCUT2D eigenvalue weighted by atomic mass is 35.5. The minimum absolute atomic E-state index is 0.0145. The molecule has 8 heteroatoms. The summed E-state index contributed by atoms with van der Waals surface area (Å²) >= 11 is 13.0. The summed E-state index contributed by atoms with van der Waals surface area (Å²) in [6, 6.07) is 4.94. The van der Waals surface area contributed by atoms with Gasteiger partial charge in [-0.05, 0) is 18.2 Å². The first-order chi connectivity index (χ1) is 9.06. The van der Waals surface area contributed by atoms with E-state index in [2.05, 4.69) is 10.2 Å². The Morgan fingerprint density at radius 1 is 1.37 bits per heavy atom. The predicted molar refractivity (Wildman–Crippen MR) is 73.6 cm³/mol. The second kappa shape index (κ2) is 6.27. The van der Waals surface area contributed by atoms with Gasteiger partial charge in [0.05, 0.1) is 22.1 Å². The summed E-state index contributed by atoms with van der Waals surface area (Å²) in [7, 11) is 0. The third-order valence-corrected chi connectivity index (χ3v) is 3.53. The summed E-state index contributed by atoms with van der Waals surface area (Å²) in [6.07, 6.45) is 0. The number of hydrogen-bond acceptors (Lipinski definition) is 5. The fraction of sp³-hybridized carbons (Fsp3) is 0.182. The molecule has 0 radical (unpaired) electrons. The van der Waals surface area contributed by atoms with Gasteiger partial charge < -0.3 is 9.52 Å². The van der Waals surface area contributed by atoms with E-state index >= 15 is 0 Å². The van der Waals surface area contributed by atoms with Gasteiger partial charge >= 0.3 is 5.97 Å². The monoisotopic (exact) mass is 318 g/mol. The van der Waals surface area contributed by atoms with Crippen LogP contribution in [0.3, 0.4) is 0 Å². The van der Waals surface area contributed by atoms with Gasteiger partial charge in [-0.3, -0.25) is 4.79 Å². The molecule has 0 bridgehead atoms. The minimum atomic E-state index is -0.884. The topological polar surface area (TPSA) is 76.2 Å². The third-order valence-electron chi connectivity index (χ3n) is 2.08. The first-order valence-corrected chi connectivity index (χ1v) is 7.04. The number of hydrogen-bond donors (Lipinski definition) is 1. The van der Waals surface area contributed by atoms with Gasteiger partial charge in [-0.25, -0.2) is 0 Å². The number of aliphatic carboxylic acids is 1. The molecule has 19 heavy (non-hydrogen) atoms. The number of thioether (sulfide) groups is 1. The molecule has 0 fully saturated rings. The largest absolute Gasteiger partial charge is 0.481 e. The van der Waals surface area contributed by atoms with Gasteiger partial charge in [0.15, 0.2) is 0 Å². The normalized spacial score (nSPS) is 10.6. The van der Waals surface area contributed by atoms with E-state index in [1.165, 1.54) is 11.8 Å². The Morgan fingerprint density at radius 2 is 2.16 bits per heavy atom. The molecule has 1 aromatic carbocycles. The number of carbonyl (C=O) groups is 1. The quantitative estimate of drug-likeness (QED) is 0.910. The molecule has 2 rings (SSSR count). The zero-order valence-electron chi connectivity index (χ0n) is 9.47. The standard InChI is InChI=1S/C11H8Cl2N2O3S/c12-6-1-2-7(8(13)3-6)11-15-14-9(18-11)4-19-5-10(16)17/h1-3H,4-5H2,(H,16,17). The van der Waals surface area contributed by atoms with E-state index in [1.54, 1.807) is 18.2 Å². The zero-order chi connectivity index (χ0) is 13.8. The Kier molecular flexibility index (Phi) is 4.68. The number of aromatic nitrogens is 2. The van der Waals surface area contributed by atoms with Gasteiger partial charge in [0.1, 0.15) is 0 Å². The van der Waals surface area contributed by atoms with Crippen LogP contribution in [0, 0.1) is 0 Å². The summed E-state index contributed by atoms with van der Waals surface area (Å²) in [4.78, 5) is 10.4. The summed E-state index contributed by atoms with van der Waals surface area (Å²) in [5, 5.41) is 17.2. The molecule has 0 aliphatic carbocycles. The van der Waals surface area contributed by atoms with E-state index in [1.807, 2.05) is 0 Å². The van der Waals surface area contributed by atoms with Crippen LogP contribution in [0.5, 0.6) is 0 Å². The Hall–Kier alpha value is -1.24. The lowest BCUT2D eigenvalue weighted by Crippen LogP contribution is -1.98. The van der Waals surface area contributed by atoms with Crippen LogP contribution in [-0.2, 0) is 10.5 Å². The molecule has 1 aromatic heterocycles. The smallest absolute Gasteiger partial charge is 0.313 e. The van der Waals surface area contributed by atoms with Crippen molar-refractivity contribution >= 4 is 40.9 Å².